The van der Waals surface area contributed by atoms with Gasteiger partial charge < -0.3 is 10.2 Å². The summed E-state index contributed by atoms with van der Waals surface area (Å²) < 4.78 is 1.77. The van der Waals surface area contributed by atoms with Gasteiger partial charge in [-0.1, -0.05) is 31.5 Å². The number of imidazole rings is 1. The standard InChI is InChI=1S/C19H24N4O2/c1-2-3-11-21-18(24)16-10-7-12-22(16)19(25)17-13-20-14-23(17)15-8-5-4-6-9-15/h4-6,8-9,13-14,16H,2-3,7,10-12H2,1H3,(H,21,24)/t16-/m0/s1. The highest BCUT2D eigenvalue weighted by Crippen LogP contribution is 2.21. The van der Waals surface area contributed by atoms with Crippen molar-refractivity contribution < 1.29 is 9.59 Å². The summed E-state index contributed by atoms with van der Waals surface area (Å²) in [6.07, 6.45) is 6.74. The fourth-order valence-electron chi connectivity index (χ4n) is 3.18. The molecule has 1 aliphatic rings. The van der Waals surface area contributed by atoms with E-state index >= 15 is 0 Å². The number of hydrogen-bond acceptors (Lipinski definition) is 3. The van der Waals surface area contributed by atoms with Crippen LogP contribution in [0.3, 0.4) is 0 Å². The van der Waals surface area contributed by atoms with E-state index in [1.165, 1.54) is 0 Å². The fourth-order valence-corrected chi connectivity index (χ4v) is 3.18. The number of carbonyl (C=O) groups is 2. The summed E-state index contributed by atoms with van der Waals surface area (Å²) in [6.45, 7) is 3.35. The van der Waals surface area contributed by atoms with Crippen LogP contribution in [0.15, 0.2) is 42.9 Å². The first kappa shape index (κ1) is 17.2. The highest BCUT2D eigenvalue weighted by Gasteiger charge is 2.35. The Morgan fingerprint density at radius 2 is 2.08 bits per heavy atom. The summed E-state index contributed by atoms with van der Waals surface area (Å²) >= 11 is 0. The maximum Gasteiger partial charge on any atom is 0.273 e. The Morgan fingerprint density at radius 1 is 1.28 bits per heavy atom. The lowest BCUT2D eigenvalue weighted by Crippen LogP contribution is -2.46. The van der Waals surface area contributed by atoms with E-state index in [-0.39, 0.29) is 17.9 Å². The minimum Gasteiger partial charge on any atom is -0.354 e. The molecule has 0 spiro atoms. The lowest BCUT2D eigenvalue weighted by Gasteiger charge is -2.24. The first-order valence-electron chi connectivity index (χ1n) is 8.89. The summed E-state index contributed by atoms with van der Waals surface area (Å²) in [5.74, 6) is -0.195. The minimum absolute atomic E-state index is 0.0509. The van der Waals surface area contributed by atoms with Gasteiger partial charge in [-0.3, -0.25) is 14.2 Å². The molecule has 1 aliphatic heterocycles. The van der Waals surface area contributed by atoms with Crippen LogP contribution in [0.4, 0.5) is 0 Å². The van der Waals surface area contributed by atoms with Gasteiger partial charge in [0.15, 0.2) is 0 Å². The summed E-state index contributed by atoms with van der Waals surface area (Å²) in [7, 11) is 0. The molecule has 2 heterocycles. The molecule has 0 bridgehead atoms. The molecule has 2 aromatic rings. The van der Waals surface area contributed by atoms with E-state index in [9.17, 15) is 9.59 Å². The van der Waals surface area contributed by atoms with Crippen LogP contribution < -0.4 is 5.32 Å². The number of benzene rings is 1. The maximum atomic E-state index is 13.0. The number of nitrogens with one attached hydrogen (secondary N) is 1. The average molecular weight is 340 g/mol. The molecule has 1 aromatic carbocycles. The summed E-state index contributed by atoms with van der Waals surface area (Å²) in [5.41, 5.74) is 1.37. The van der Waals surface area contributed by atoms with E-state index in [2.05, 4.69) is 17.2 Å². The quantitative estimate of drug-likeness (QED) is 0.821. The molecule has 6 nitrogen and oxygen atoms in total. The zero-order valence-electron chi connectivity index (χ0n) is 14.5. The van der Waals surface area contributed by atoms with Gasteiger partial charge in [0, 0.05) is 18.8 Å². The monoisotopic (exact) mass is 340 g/mol. The SMILES string of the molecule is CCCCNC(=O)[C@@H]1CCCN1C(=O)c1cncn1-c1ccccc1. The third-order valence-corrected chi connectivity index (χ3v) is 4.54. The Labute approximate surface area is 147 Å². The van der Waals surface area contributed by atoms with Crippen molar-refractivity contribution in [2.45, 2.75) is 38.6 Å². The van der Waals surface area contributed by atoms with Crippen LogP contribution in [0.25, 0.3) is 5.69 Å². The number of nitrogens with zero attached hydrogens (tertiary/aromatic N) is 3. The van der Waals surface area contributed by atoms with Gasteiger partial charge in [-0.05, 0) is 31.4 Å². The lowest BCUT2D eigenvalue weighted by atomic mass is 10.2. The van der Waals surface area contributed by atoms with Gasteiger partial charge in [-0.15, -0.1) is 0 Å². The third-order valence-electron chi connectivity index (χ3n) is 4.54. The summed E-state index contributed by atoms with van der Waals surface area (Å²) in [4.78, 5) is 31.3. The average Bonchev–Trinajstić information content (AvgIpc) is 3.31. The van der Waals surface area contributed by atoms with E-state index in [0.717, 1.165) is 24.9 Å². The normalized spacial score (nSPS) is 16.8. The second kappa shape index (κ2) is 7.96. The van der Waals surface area contributed by atoms with E-state index in [1.807, 2.05) is 30.3 Å². The molecule has 0 radical (unpaired) electrons. The molecule has 3 rings (SSSR count). The molecular formula is C19H24N4O2. The number of likely N-dealkylation sites (tertiary alicyclic amines) is 1. The molecule has 25 heavy (non-hydrogen) atoms. The van der Waals surface area contributed by atoms with Crippen molar-refractivity contribution in [1.82, 2.24) is 19.8 Å². The van der Waals surface area contributed by atoms with Crippen molar-refractivity contribution >= 4 is 11.8 Å². The van der Waals surface area contributed by atoms with Gasteiger partial charge >= 0.3 is 0 Å². The zero-order chi connectivity index (χ0) is 17.6. The third kappa shape index (κ3) is 3.73. The largest absolute Gasteiger partial charge is 0.354 e. The Bertz CT molecular complexity index is 726. The molecule has 1 atom stereocenters. The molecule has 1 aromatic heterocycles. The first-order chi connectivity index (χ1) is 12.2. The van der Waals surface area contributed by atoms with Crippen molar-refractivity contribution in [1.29, 1.82) is 0 Å². The van der Waals surface area contributed by atoms with Crippen LogP contribution in [-0.4, -0.2) is 45.4 Å². The fraction of sp³-hybridized carbons (Fsp3) is 0.421. The van der Waals surface area contributed by atoms with Gasteiger partial charge in [0.2, 0.25) is 5.91 Å². The van der Waals surface area contributed by atoms with Crippen LogP contribution in [0.2, 0.25) is 0 Å². The van der Waals surface area contributed by atoms with Crippen molar-refractivity contribution in [3.63, 3.8) is 0 Å². The molecule has 6 heteroatoms. The lowest BCUT2D eigenvalue weighted by molar-refractivity contribution is -0.124. The number of rotatable bonds is 6. The smallest absolute Gasteiger partial charge is 0.273 e. The van der Waals surface area contributed by atoms with Gasteiger partial charge in [-0.25, -0.2) is 4.98 Å². The highest BCUT2D eigenvalue weighted by molar-refractivity contribution is 5.97. The van der Waals surface area contributed by atoms with Crippen LogP contribution in [-0.2, 0) is 4.79 Å². The van der Waals surface area contributed by atoms with Crippen LogP contribution in [0, 0.1) is 0 Å². The summed E-state index contributed by atoms with van der Waals surface area (Å²) in [5, 5.41) is 2.95. The second-order valence-electron chi connectivity index (χ2n) is 6.29. The number of unbranched alkanes of at least 4 members (excludes halogenated alkanes) is 1. The van der Waals surface area contributed by atoms with Crippen LogP contribution in [0.5, 0.6) is 0 Å². The second-order valence-corrected chi connectivity index (χ2v) is 6.29. The van der Waals surface area contributed by atoms with Crippen molar-refractivity contribution in [3.8, 4) is 5.69 Å². The molecule has 1 fully saturated rings. The Balaban J connectivity index is 1.77. The van der Waals surface area contributed by atoms with E-state index in [0.29, 0.717) is 25.2 Å². The molecule has 0 unspecified atom stereocenters. The van der Waals surface area contributed by atoms with Gasteiger partial charge in [-0.2, -0.15) is 0 Å². The minimum atomic E-state index is -0.386. The van der Waals surface area contributed by atoms with Crippen LogP contribution in [0.1, 0.15) is 43.1 Å². The van der Waals surface area contributed by atoms with Crippen molar-refractivity contribution in [3.05, 3.63) is 48.5 Å². The predicted molar refractivity (Wildman–Crippen MR) is 95.5 cm³/mol. The molecule has 1 N–H and O–H groups in total. The summed E-state index contributed by atoms with van der Waals surface area (Å²) in [6, 6.07) is 9.24. The number of carbonyl (C=O) groups excluding carboxylic acids is 2. The Kier molecular flexibility index (Phi) is 5.48. The van der Waals surface area contributed by atoms with Crippen molar-refractivity contribution in [2.24, 2.45) is 0 Å². The first-order valence-corrected chi connectivity index (χ1v) is 8.89. The Hall–Kier alpha value is -2.63. The molecule has 2 amide bonds. The molecular weight excluding hydrogens is 316 g/mol. The Morgan fingerprint density at radius 3 is 2.84 bits per heavy atom. The molecule has 0 saturated carbocycles. The van der Waals surface area contributed by atoms with Gasteiger partial charge in [0.1, 0.15) is 11.7 Å². The van der Waals surface area contributed by atoms with Crippen molar-refractivity contribution in [2.75, 3.05) is 13.1 Å². The van der Waals surface area contributed by atoms with Gasteiger partial charge in [0.25, 0.3) is 5.91 Å². The number of aromatic nitrogens is 2. The topological polar surface area (TPSA) is 67.2 Å². The highest BCUT2D eigenvalue weighted by atomic mass is 16.2. The predicted octanol–water partition coefficient (Wildman–Crippen LogP) is 2.39. The zero-order valence-corrected chi connectivity index (χ0v) is 14.5. The number of para-hydroxylation sites is 1. The van der Waals surface area contributed by atoms with E-state index < -0.39 is 0 Å². The van der Waals surface area contributed by atoms with Crippen LogP contribution >= 0.6 is 0 Å². The van der Waals surface area contributed by atoms with E-state index in [1.54, 1.807) is 22.0 Å². The molecule has 0 aliphatic carbocycles. The van der Waals surface area contributed by atoms with Gasteiger partial charge in [0.05, 0.1) is 12.5 Å². The number of hydrogen-bond donors (Lipinski definition) is 1. The molecule has 132 valence electrons. The molecule has 1 saturated heterocycles. The van der Waals surface area contributed by atoms with E-state index in [4.69, 9.17) is 0 Å². The maximum absolute atomic E-state index is 13.0. The number of amides is 2.